The number of nitrogens with zero attached hydrogens (tertiary/aromatic N) is 3. The molecule has 140 valence electrons. The molecule has 1 N–H and O–H groups in total. The minimum atomic E-state index is -0.485. The number of aromatic nitrogens is 2. The number of ether oxygens (including phenoxy) is 2. The maximum absolute atomic E-state index is 14.5. The lowest BCUT2D eigenvalue weighted by Gasteiger charge is -2.23. The molecule has 0 fully saturated rings. The zero-order valence-electron chi connectivity index (χ0n) is 15.0. The highest BCUT2D eigenvalue weighted by Crippen LogP contribution is 2.36. The largest absolute Gasteiger partial charge is 0.486 e. The highest BCUT2D eigenvalue weighted by Gasteiger charge is 2.19. The summed E-state index contributed by atoms with van der Waals surface area (Å²) in [5.74, 6) is 1.56. The molecule has 0 spiro atoms. The predicted octanol–water partition coefficient (Wildman–Crippen LogP) is 3.60. The van der Waals surface area contributed by atoms with Crippen LogP contribution in [0.4, 0.5) is 15.9 Å². The third kappa shape index (κ3) is 3.45. The second-order valence-corrected chi connectivity index (χ2v) is 7.04. The van der Waals surface area contributed by atoms with Gasteiger partial charge in [-0.1, -0.05) is 0 Å². The van der Waals surface area contributed by atoms with Crippen LogP contribution in [0.1, 0.15) is 4.88 Å². The van der Waals surface area contributed by atoms with Crippen LogP contribution in [0.3, 0.4) is 0 Å². The number of halogens is 1. The Labute approximate surface area is 160 Å². The van der Waals surface area contributed by atoms with E-state index in [-0.39, 0.29) is 5.82 Å². The van der Waals surface area contributed by atoms with Gasteiger partial charge < -0.3 is 19.7 Å². The molecule has 0 saturated heterocycles. The Hall–Kier alpha value is -2.71. The van der Waals surface area contributed by atoms with Crippen molar-refractivity contribution >= 4 is 22.8 Å². The smallest absolute Gasteiger partial charge is 0.184 e. The molecule has 1 aliphatic rings. The molecule has 27 heavy (non-hydrogen) atoms. The highest BCUT2D eigenvalue weighted by molar-refractivity contribution is 7.10. The summed E-state index contributed by atoms with van der Waals surface area (Å²) in [6.07, 6.45) is 1.22. The van der Waals surface area contributed by atoms with E-state index in [1.54, 1.807) is 23.3 Å². The van der Waals surface area contributed by atoms with E-state index >= 15 is 0 Å². The summed E-state index contributed by atoms with van der Waals surface area (Å²) in [6, 6.07) is 7.46. The Balaban J connectivity index is 1.70. The first-order valence-electron chi connectivity index (χ1n) is 8.54. The third-order valence-corrected chi connectivity index (χ3v) is 5.20. The average molecular weight is 386 g/mol. The van der Waals surface area contributed by atoms with Gasteiger partial charge in [-0.05, 0) is 30.6 Å². The van der Waals surface area contributed by atoms with Crippen LogP contribution in [-0.2, 0) is 6.54 Å². The molecule has 8 heteroatoms. The summed E-state index contributed by atoms with van der Waals surface area (Å²) in [5, 5.41) is 5.11. The van der Waals surface area contributed by atoms with Gasteiger partial charge in [-0.3, -0.25) is 0 Å². The van der Waals surface area contributed by atoms with E-state index in [1.165, 1.54) is 6.20 Å². The van der Waals surface area contributed by atoms with E-state index in [0.29, 0.717) is 37.1 Å². The molecule has 2 aromatic heterocycles. The number of benzene rings is 1. The number of hydrogen-bond acceptors (Lipinski definition) is 7. The number of hydrogen-bond donors (Lipinski definition) is 1. The standard InChI is InChI=1S/C19H19FN4O2S/c1-21-11-17-13(5-8-27-17)18-22-10-14(20)19(23-18)24(2)12-3-4-15-16(9-12)26-7-6-25-15/h3-5,8-10,21H,6-7,11H2,1-2H3. The van der Waals surface area contributed by atoms with Gasteiger partial charge in [0.15, 0.2) is 29.0 Å². The van der Waals surface area contributed by atoms with Crippen LogP contribution >= 0.6 is 11.3 Å². The Kier molecular flexibility index (Phi) is 4.91. The quantitative estimate of drug-likeness (QED) is 0.723. The fourth-order valence-electron chi connectivity index (χ4n) is 2.92. The van der Waals surface area contributed by atoms with E-state index in [0.717, 1.165) is 16.1 Å². The normalized spacial score (nSPS) is 12.9. The number of thiophene rings is 1. The molecular formula is C19H19FN4O2S. The van der Waals surface area contributed by atoms with E-state index in [2.05, 4.69) is 15.3 Å². The van der Waals surface area contributed by atoms with Crippen LogP contribution in [0.2, 0.25) is 0 Å². The number of fused-ring (bicyclic) bond motifs is 1. The summed E-state index contributed by atoms with van der Waals surface area (Å²) in [5.41, 5.74) is 1.66. The zero-order valence-corrected chi connectivity index (χ0v) is 15.8. The lowest BCUT2D eigenvalue weighted by molar-refractivity contribution is 0.171. The van der Waals surface area contributed by atoms with E-state index in [9.17, 15) is 4.39 Å². The molecule has 3 aromatic rings. The monoisotopic (exact) mass is 386 g/mol. The van der Waals surface area contributed by atoms with Crippen molar-refractivity contribution in [1.82, 2.24) is 15.3 Å². The van der Waals surface area contributed by atoms with Crippen molar-refractivity contribution < 1.29 is 13.9 Å². The maximum Gasteiger partial charge on any atom is 0.184 e. The van der Waals surface area contributed by atoms with E-state index < -0.39 is 5.82 Å². The second kappa shape index (κ2) is 7.50. The van der Waals surface area contributed by atoms with Gasteiger partial charge in [0.05, 0.1) is 6.20 Å². The molecule has 0 amide bonds. The average Bonchev–Trinajstić information content (AvgIpc) is 3.16. The molecule has 0 aliphatic carbocycles. The highest BCUT2D eigenvalue weighted by atomic mass is 32.1. The first-order valence-corrected chi connectivity index (χ1v) is 9.42. The summed E-state index contributed by atoms with van der Waals surface area (Å²) in [6.45, 7) is 1.74. The van der Waals surface area contributed by atoms with Gasteiger partial charge in [-0.2, -0.15) is 0 Å². The molecule has 1 aromatic carbocycles. The summed E-state index contributed by atoms with van der Waals surface area (Å²) < 4.78 is 25.7. The van der Waals surface area contributed by atoms with Crippen LogP contribution in [-0.4, -0.2) is 37.3 Å². The lowest BCUT2D eigenvalue weighted by atomic mass is 10.2. The zero-order chi connectivity index (χ0) is 18.8. The number of nitrogens with one attached hydrogen (secondary N) is 1. The Morgan fingerprint density at radius 2 is 2.04 bits per heavy atom. The molecule has 6 nitrogen and oxygen atoms in total. The van der Waals surface area contributed by atoms with Crippen LogP contribution in [0.5, 0.6) is 11.5 Å². The summed E-state index contributed by atoms with van der Waals surface area (Å²) in [7, 11) is 3.65. The summed E-state index contributed by atoms with van der Waals surface area (Å²) in [4.78, 5) is 11.5. The molecule has 1 aliphatic heterocycles. The molecular weight excluding hydrogens is 367 g/mol. The third-order valence-electron chi connectivity index (χ3n) is 4.28. The minimum Gasteiger partial charge on any atom is -0.486 e. The molecule has 3 heterocycles. The second-order valence-electron chi connectivity index (χ2n) is 6.04. The fourth-order valence-corrected chi connectivity index (χ4v) is 3.81. The van der Waals surface area contributed by atoms with E-state index in [1.807, 2.05) is 36.7 Å². The molecule has 0 radical (unpaired) electrons. The molecule has 0 unspecified atom stereocenters. The van der Waals surface area contributed by atoms with Crippen molar-refractivity contribution in [3.8, 4) is 22.9 Å². The Bertz CT molecular complexity index is 963. The Morgan fingerprint density at radius 1 is 1.22 bits per heavy atom. The molecule has 0 bridgehead atoms. The van der Waals surface area contributed by atoms with Gasteiger partial charge >= 0.3 is 0 Å². The van der Waals surface area contributed by atoms with Crippen LogP contribution in [0, 0.1) is 5.82 Å². The van der Waals surface area contributed by atoms with Crippen molar-refractivity contribution in [2.75, 3.05) is 32.2 Å². The van der Waals surface area contributed by atoms with Crippen molar-refractivity contribution in [2.24, 2.45) is 0 Å². The minimum absolute atomic E-state index is 0.207. The van der Waals surface area contributed by atoms with Gasteiger partial charge in [0.2, 0.25) is 0 Å². The van der Waals surface area contributed by atoms with Crippen molar-refractivity contribution in [3.63, 3.8) is 0 Å². The molecule has 4 rings (SSSR count). The lowest BCUT2D eigenvalue weighted by Crippen LogP contribution is -2.17. The van der Waals surface area contributed by atoms with Gasteiger partial charge in [0.25, 0.3) is 0 Å². The topological polar surface area (TPSA) is 59.5 Å². The van der Waals surface area contributed by atoms with Gasteiger partial charge in [-0.15, -0.1) is 11.3 Å². The first-order chi connectivity index (χ1) is 13.2. The van der Waals surface area contributed by atoms with Crippen molar-refractivity contribution in [2.45, 2.75) is 6.54 Å². The van der Waals surface area contributed by atoms with Crippen molar-refractivity contribution in [3.05, 3.63) is 46.5 Å². The van der Waals surface area contributed by atoms with Crippen LogP contribution in [0.25, 0.3) is 11.4 Å². The fraction of sp³-hybridized carbons (Fsp3) is 0.263. The first kappa shape index (κ1) is 17.7. The van der Waals surface area contributed by atoms with Gasteiger partial charge in [0, 0.05) is 35.8 Å². The SMILES string of the molecule is CNCc1sccc1-c1ncc(F)c(N(C)c2ccc3c(c2)OCCO3)n1. The molecule has 0 atom stereocenters. The summed E-state index contributed by atoms with van der Waals surface area (Å²) >= 11 is 1.62. The van der Waals surface area contributed by atoms with Crippen LogP contribution in [0.15, 0.2) is 35.8 Å². The van der Waals surface area contributed by atoms with E-state index in [4.69, 9.17) is 9.47 Å². The van der Waals surface area contributed by atoms with Gasteiger partial charge in [-0.25, -0.2) is 14.4 Å². The number of anilines is 2. The molecule has 0 saturated carbocycles. The Morgan fingerprint density at radius 3 is 2.85 bits per heavy atom. The number of rotatable bonds is 5. The van der Waals surface area contributed by atoms with Gasteiger partial charge in [0.1, 0.15) is 13.2 Å². The van der Waals surface area contributed by atoms with Crippen molar-refractivity contribution in [1.29, 1.82) is 0 Å². The van der Waals surface area contributed by atoms with Crippen LogP contribution < -0.4 is 19.7 Å². The predicted molar refractivity (Wildman–Crippen MR) is 104 cm³/mol. The maximum atomic E-state index is 14.5.